The highest BCUT2D eigenvalue weighted by atomic mass is 35.5. The summed E-state index contributed by atoms with van der Waals surface area (Å²) >= 11 is 7.48. The molecular formula is C16H18ClNO2S. The number of carbonyl (C=O) groups excluding carboxylic acids is 1. The summed E-state index contributed by atoms with van der Waals surface area (Å²) in [5.41, 5.74) is 0.894. The lowest BCUT2D eigenvalue weighted by Crippen LogP contribution is -2.32. The molecule has 2 atom stereocenters. The Morgan fingerprint density at radius 2 is 2.00 bits per heavy atom. The molecule has 112 valence electrons. The summed E-state index contributed by atoms with van der Waals surface area (Å²) in [5.74, 6) is -0.266. The van der Waals surface area contributed by atoms with Gasteiger partial charge in [-0.1, -0.05) is 41.9 Å². The van der Waals surface area contributed by atoms with E-state index in [0.717, 1.165) is 14.8 Å². The van der Waals surface area contributed by atoms with E-state index in [2.05, 4.69) is 5.32 Å². The minimum atomic E-state index is -0.484. The number of halogens is 1. The summed E-state index contributed by atoms with van der Waals surface area (Å²) in [5, 5.41) is 3.32. The van der Waals surface area contributed by atoms with Crippen molar-refractivity contribution in [3.05, 3.63) is 57.2 Å². The number of esters is 1. The lowest BCUT2D eigenvalue weighted by molar-refractivity contribution is -0.146. The first-order valence-electron chi connectivity index (χ1n) is 6.84. The predicted octanol–water partition coefficient (Wildman–Crippen LogP) is 4.36. The first kappa shape index (κ1) is 16.0. The Balaban J connectivity index is 2.18. The van der Waals surface area contributed by atoms with Crippen molar-refractivity contribution in [2.75, 3.05) is 6.61 Å². The summed E-state index contributed by atoms with van der Waals surface area (Å²) in [4.78, 5) is 13.3. The molecule has 0 fully saturated rings. The van der Waals surface area contributed by atoms with Gasteiger partial charge in [0, 0.05) is 10.9 Å². The molecule has 0 saturated heterocycles. The maximum absolute atomic E-state index is 12.2. The summed E-state index contributed by atoms with van der Waals surface area (Å²) in [6, 6.07) is 12.9. The normalized spacial score (nSPS) is 13.7. The summed E-state index contributed by atoms with van der Waals surface area (Å²) < 4.78 is 5.92. The number of hydrogen-bond acceptors (Lipinski definition) is 4. The highest BCUT2D eigenvalue weighted by molar-refractivity contribution is 7.16. The van der Waals surface area contributed by atoms with Crippen molar-refractivity contribution in [2.45, 2.75) is 25.9 Å². The third-order valence-electron chi connectivity index (χ3n) is 3.09. The topological polar surface area (TPSA) is 38.3 Å². The SMILES string of the molecule is CCOC(=O)C(NC(C)c1ccc(Cl)s1)c1ccccc1. The molecule has 1 aromatic heterocycles. The molecular weight excluding hydrogens is 306 g/mol. The number of nitrogens with one attached hydrogen (secondary N) is 1. The number of ether oxygens (including phenoxy) is 1. The van der Waals surface area contributed by atoms with E-state index in [1.54, 1.807) is 0 Å². The van der Waals surface area contributed by atoms with Gasteiger partial charge in [-0.3, -0.25) is 5.32 Å². The maximum Gasteiger partial charge on any atom is 0.327 e. The van der Waals surface area contributed by atoms with Crippen molar-refractivity contribution in [1.82, 2.24) is 5.32 Å². The van der Waals surface area contributed by atoms with Gasteiger partial charge in [-0.05, 0) is 31.5 Å². The fraction of sp³-hybridized carbons (Fsp3) is 0.312. The van der Waals surface area contributed by atoms with Crippen LogP contribution in [0, 0.1) is 0 Å². The van der Waals surface area contributed by atoms with E-state index in [-0.39, 0.29) is 12.0 Å². The first-order chi connectivity index (χ1) is 10.1. The van der Waals surface area contributed by atoms with Gasteiger partial charge >= 0.3 is 5.97 Å². The molecule has 0 bridgehead atoms. The van der Waals surface area contributed by atoms with Crippen LogP contribution in [0.5, 0.6) is 0 Å². The van der Waals surface area contributed by atoms with Crippen LogP contribution in [0.15, 0.2) is 42.5 Å². The molecule has 3 nitrogen and oxygen atoms in total. The van der Waals surface area contributed by atoms with Crippen LogP contribution in [-0.4, -0.2) is 12.6 Å². The Morgan fingerprint density at radius 3 is 2.57 bits per heavy atom. The third kappa shape index (κ3) is 4.30. The van der Waals surface area contributed by atoms with E-state index in [9.17, 15) is 4.79 Å². The molecule has 0 saturated carbocycles. The lowest BCUT2D eigenvalue weighted by atomic mass is 10.1. The molecule has 2 unspecified atom stereocenters. The van der Waals surface area contributed by atoms with Gasteiger partial charge in [-0.2, -0.15) is 0 Å². The monoisotopic (exact) mass is 323 g/mol. The number of thiophene rings is 1. The van der Waals surface area contributed by atoms with E-state index >= 15 is 0 Å². The predicted molar refractivity (Wildman–Crippen MR) is 86.7 cm³/mol. The largest absolute Gasteiger partial charge is 0.465 e. The van der Waals surface area contributed by atoms with E-state index in [1.807, 2.05) is 56.3 Å². The Bertz CT molecular complexity index is 585. The molecule has 0 aliphatic carbocycles. The van der Waals surface area contributed by atoms with Crippen LogP contribution in [0.25, 0.3) is 0 Å². The van der Waals surface area contributed by atoms with Crippen molar-refractivity contribution in [3.63, 3.8) is 0 Å². The molecule has 1 aromatic carbocycles. The Labute approximate surface area is 133 Å². The maximum atomic E-state index is 12.2. The van der Waals surface area contributed by atoms with Crippen molar-refractivity contribution >= 4 is 28.9 Å². The van der Waals surface area contributed by atoms with Crippen molar-refractivity contribution in [3.8, 4) is 0 Å². The van der Waals surface area contributed by atoms with Crippen molar-refractivity contribution in [2.24, 2.45) is 0 Å². The van der Waals surface area contributed by atoms with Crippen LogP contribution >= 0.6 is 22.9 Å². The Morgan fingerprint density at radius 1 is 1.29 bits per heavy atom. The number of benzene rings is 1. The minimum absolute atomic E-state index is 0.0112. The zero-order chi connectivity index (χ0) is 15.2. The fourth-order valence-electron chi connectivity index (χ4n) is 2.06. The number of hydrogen-bond donors (Lipinski definition) is 1. The molecule has 2 aromatic rings. The quantitative estimate of drug-likeness (QED) is 0.803. The molecule has 5 heteroatoms. The Kier molecular flexibility index (Phi) is 5.79. The van der Waals surface area contributed by atoms with E-state index in [1.165, 1.54) is 11.3 Å². The highest BCUT2D eigenvalue weighted by Gasteiger charge is 2.24. The van der Waals surface area contributed by atoms with Crippen LogP contribution in [0.2, 0.25) is 4.34 Å². The standard InChI is InChI=1S/C16H18ClNO2S/c1-3-20-16(19)15(12-7-5-4-6-8-12)18-11(2)13-9-10-14(17)21-13/h4-11,15,18H,3H2,1-2H3. The molecule has 1 heterocycles. The first-order valence-corrected chi connectivity index (χ1v) is 8.04. The highest BCUT2D eigenvalue weighted by Crippen LogP contribution is 2.28. The van der Waals surface area contributed by atoms with E-state index in [4.69, 9.17) is 16.3 Å². The molecule has 0 amide bonds. The molecule has 1 N–H and O–H groups in total. The van der Waals surface area contributed by atoms with Gasteiger partial charge in [0.1, 0.15) is 6.04 Å². The van der Waals surface area contributed by atoms with Crippen LogP contribution in [0.1, 0.15) is 36.4 Å². The average Bonchev–Trinajstić information content (AvgIpc) is 2.92. The second kappa shape index (κ2) is 7.59. The summed E-state index contributed by atoms with van der Waals surface area (Å²) in [6.07, 6.45) is 0. The summed E-state index contributed by atoms with van der Waals surface area (Å²) in [6.45, 7) is 4.18. The van der Waals surface area contributed by atoms with Crippen molar-refractivity contribution < 1.29 is 9.53 Å². The fourth-order valence-corrected chi connectivity index (χ4v) is 3.14. The third-order valence-corrected chi connectivity index (χ3v) is 4.51. The minimum Gasteiger partial charge on any atom is -0.465 e. The van der Waals surface area contributed by atoms with Gasteiger partial charge in [0.05, 0.1) is 10.9 Å². The zero-order valence-corrected chi connectivity index (χ0v) is 13.6. The van der Waals surface area contributed by atoms with Gasteiger partial charge in [-0.25, -0.2) is 4.79 Å². The molecule has 0 aliphatic rings. The molecule has 2 rings (SSSR count). The lowest BCUT2D eigenvalue weighted by Gasteiger charge is -2.21. The second-order valence-corrected chi connectivity index (χ2v) is 6.37. The Hall–Kier alpha value is -1.36. The van der Waals surface area contributed by atoms with Gasteiger partial charge < -0.3 is 4.74 Å². The van der Waals surface area contributed by atoms with E-state index < -0.39 is 6.04 Å². The second-order valence-electron chi connectivity index (χ2n) is 4.63. The molecule has 0 spiro atoms. The smallest absolute Gasteiger partial charge is 0.327 e. The van der Waals surface area contributed by atoms with Crippen molar-refractivity contribution in [1.29, 1.82) is 0 Å². The van der Waals surface area contributed by atoms with Gasteiger partial charge in [0.25, 0.3) is 0 Å². The van der Waals surface area contributed by atoms with Gasteiger partial charge in [0.15, 0.2) is 0 Å². The summed E-state index contributed by atoms with van der Waals surface area (Å²) in [7, 11) is 0. The zero-order valence-electron chi connectivity index (χ0n) is 12.0. The average molecular weight is 324 g/mol. The van der Waals surface area contributed by atoms with Crippen LogP contribution in [-0.2, 0) is 9.53 Å². The number of carbonyl (C=O) groups is 1. The van der Waals surface area contributed by atoms with Crippen LogP contribution in [0.4, 0.5) is 0 Å². The molecule has 21 heavy (non-hydrogen) atoms. The number of rotatable bonds is 6. The van der Waals surface area contributed by atoms with Gasteiger partial charge in [-0.15, -0.1) is 11.3 Å². The molecule has 0 aliphatic heterocycles. The van der Waals surface area contributed by atoms with Crippen LogP contribution in [0.3, 0.4) is 0 Å². The van der Waals surface area contributed by atoms with Gasteiger partial charge in [0.2, 0.25) is 0 Å². The van der Waals surface area contributed by atoms with Crippen LogP contribution < -0.4 is 5.32 Å². The molecule has 0 radical (unpaired) electrons. The van der Waals surface area contributed by atoms with E-state index in [0.29, 0.717) is 6.61 Å².